The molecule has 1 aliphatic carbocycles. The van der Waals surface area contributed by atoms with Crippen molar-refractivity contribution in [1.29, 1.82) is 0 Å². The number of piperazine rings is 1. The average molecular weight is 354 g/mol. The Bertz CT molecular complexity index is 723. The minimum absolute atomic E-state index is 0.158. The van der Waals surface area contributed by atoms with E-state index in [0.29, 0.717) is 6.42 Å². The van der Waals surface area contributed by atoms with Crippen molar-refractivity contribution in [2.24, 2.45) is 0 Å². The summed E-state index contributed by atoms with van der Waals surface area (Å²) in [5.41, 5.74) is 2.47. The maximum absolute atomic E-state index is 12.3. The number of carbonyl (C=O) groups excluding carboxylic acids is 1. The first-order valence-electron chi connectivity index (χ1n) is 9.47. The van der Waals surface area contributed by atoms with Crippen molar-refractivity contribution < 1.29 is 4.79 Å². The summed E-state index contributed by atoms with van der Waals surface area (Å²) in [7, 11) is 0. The maximum Gasteiger partial charge on any atom is 0.221 e. The van der Waals surface area contributed by atoms with Crippen LogP contribution in [-0.2, 0) is 17.6 Å². The Morgan fingerprint density at radius 3 is 2.96 bits per heavy atom. The van der Waals surface area contributed by atoms with Gasteiger partial charge in [0.25, 0.3) is 0 Å². The summed E-state index contributed by atoms with van der Waals surface area (Å²) in [5, 5.41) is 10.3. The number of rotatable bonds is 5. The van der Waals surface area contributed by atoms with E-state index in [9.17, 15) is 4.79 Å². The molecule has 2 aromatic rings. The lowest BCUT2D eigenvalue weighted by Gasteiger charge is -2.35. The molecule has 4 rings (SSSR count). The Morgan fingerprint density at radius 1 is 1.27 bits per heavy atom. The minimum Gasteiger partial charge on any atom is -0.354 e. The number of carbonyl (C=O) groups is 1. The molecule has 1 fully saturated rings. The number of hydrogen-bond donors (Lipinski definition) is 2. The van der Waals surface area contributed by atoms with Crippen molar-refractivity contribution >= 4 is 11.7 Å². The van der Waals surface area contributed by atoms with Gasteiger partial charge in [0.15, 0.2) is 0 Å². The van der Waals surface area contributed by atoms with E-state index in [0.717, 1.165) is 57.8 Å². The van der Waals surface area contributed by atoms with Crippen molar-refractivity contribution in [2.45, 2.75) is 31.7 Å². The van der Waals surface area contributed by atoms with Crippen molar-refractivity contribution in [3.05, 3.63) is 41.9 Å². The van der Waals surface area contributed by atoms with Crippen LogP contribution in [0.4, 0.5) is 5.82 Å². The molecule has 2 aliphatic rings. The lowest BCUT2D eigenvalue weighted by atomic mass is 9.94. The van der Waals surface area contributed by atoms with Gasteiger partial charge in [0.1, 0.15) is 5.82 Å². The first-order valence-corrected chi connectivity index (χ1v) is 9.47. The molecule has 1 atom stereocenters. The van der Waals surface area contributed by atoms with Crippen LogP contribution in [0.25, 0.3) is 0 Å². The molecule has 2 aromatic heterocycles. The number of nitrogens with one attached hydrogen (secondary N) is 2. The van der Waals surface area contributed by atoms with Gasteiger partial charge >= 0.3 is 0 Å². The lowest BCUT2D eigenvalue weighted by Crippen LogP contribution is -2.48. The molecule has 26 heavy (non-hydrogen) atoms. The third kappa shape index (κ3) is 4.04. The highest BCUT2D eigenvalue weighted by atomic mass is 16.1. The Balaban J connectivity index is 1.18. The Labute approximate surface area is 153 Å². The van der Waals surface area contributed by atoms with Gasteiger partial charge in [0, 0.05) is 63.5 Å². The van der Waals surface area contributed by atoms with Crippen LogP contribution >= 0.6 is 0 Å². The minimum atomic E-state index is 0.158. The zero-order valence-electron chi connectivity index (χ0n) is 15.0. The predicted molar refractivity (Wildman–Crippen MR) is 100 cm³/mol. The molecule has 1 unspecified atom stereocenters. The van der Waals surface area contributed by atoms with E-state index in [1.807, 2.05) is 24.5 Å². The van der Waals surface area contributed by atoms with Crippen molar-refractivity contribution in [3.8, 4) is 0 Å². The second kappa shape index (κ2) is 7.86. The van der Waals surface area contributed by atoms with E-state index in [1.54, 1.807) is 0 Å². The van der Waals surface area contributed by atoms with Crippen LogP contribution in [0.5, 0.6) is 0 Å². The Kier molecular flexibility index (Phi) is 5.15. The van der Waals surface area contributed by atoms with Crippen molar-refractivity contribution in [3.63, 3.8) is 0 Å². The number of amides is 1. The second-order valence-electron chi connectivity index (χ2n) is 7.15. The molecule has 0 spiro atoms. The molecule has 0 saturated carbocycles. The second-order valence-corrected chi connectivity index (χ2v) is 7.15. The standard InChI is InChI=1S/C19H26N6O/c26-19(22-16-5-4-15-14-21-23-17(15)13-16)6-8-24-9-11-25(12-10-24)18-3-1-2-7-20-18/h1-3,7,14,16H,4-6,8-13H2,(H,21,23)(H,22,26). The van der Waals surface area contributed by atoms with E-state index in [-0.39, 0.29) is 11.9 Å². The molecule has 7 nitrogen and oxygen atoms in total. The van der Waals surface area contributed by atoms with Gasteiger partial charge in [-0.25, -0.2) is 4.98 Å². The van der Waals surface area contributed by atoms with Gasteiger partial charge < -0.3 is 10.2 Å². The normalized spacial score (nSPS) is 20.6. The van der Waals surface area contributed by atoms with Crippen LogP contribution in [0.1, 0.15) is 24.1 Å². The zero-order valence-corrected chi connectivity index (χ0v) is 15.0. The Hall–Kier alpha value is -2.41. The topological polar surface area (TPSA) is 77.2 Å². The van der Waals surface area contributed by atoms with Crippen LogP contribution in [0, 0.1) is 0 Å². The van der Waals surface area contributed by atoms with Crippen LogP contribution in [0.3, 0.4) is 0 Å². The number of nitrogens with zero attached hydrogens (tertiary/aromatic N) is 4. The van der Waals surface area contributed by atoms with Gasteiger partial charge in [-0.15, -0.1) is 0 Å². The number of aryl methyl sites for hydroxylation is 1. The Morgan fingerprint density at radius 2 is 2.15 bits per heavy atom. The van der Waals surface area contributed by atoms with Gasteiger partial charge in [-0.3, -0.25) is 14.8 Å². The smallest absolute Gasteiger partial charge is 0.221 e. The van der Waals surface area contributed by atoms with Crippen LogP contribution in [0.2, 0.25) is 0 Å². The number of aromatic amines is 1. The molecule has 0 bridgehead atoms. The molecule has 1 amide bonds. The predicted octanol–water partition coefficient (Wildman–Crippen LogP) is 0.991. The molecule has 7 heteroatoms. The first kappa shape index (κ1) is 17.0. The number of hydrogen-bond acceptors (Lipinski definition) is 5. The molecule has 138 valence electrons. The molecule has 2 N–H and O–H groups in total. The molecular weight excluding hydrogens is 328 g/mol. The van der Waals surface area contributed by atoms with E-state index in [2.05, 4.69) is 36.4 Å². The van der Waals surface area contributed by atoms with E-state index < -0.39 is 0 Å². The fourth-order valence-electron chi connectivity index (χ4n) is 3.83. The average Bonchev–Trinajstić information content (AvgIpc) is 3.15. The summed E-state index contributed by atoms with van der Waals surface area (Å²) < 4.78 is 0. The van der Waals surface area contributed by atoms with E-state index in [4.69, 9.17) is 0 Å². The summed E-state index contributed by atoms with van der Waals surface area (Å²) >= 11 is 0. The number of fused-ring (bicyclic) bond motifs is 1. The lowest BCUT2D eigenvalue weighted by molar-refractivity contribution is -0.122. The van der Waals surface area contributed by atoms with Gasteiger partial charge in [0.2, 0.25) is 5.91 Å². The van der Waals surface area contributed by atoms with Crippen molar-refractivity contribution in [2.75, 3.05) is 37.6 Å². The summed E-state index contributed by atoms with van der Waals surface area (Å²) in [5.74, 6) is 1.20. The molecule has 1 saturated heterocycles. The third-order valence-electron chi connectivity index (χ3n) is 5.39. The summed E-state index contributed by atoms with van der Waals surface area (Å²) in [6.45, 7) is 4.70. The van der Waals surface area contributed by atoms with Gasteiger partial charge in [-0.05, 0) is 30.5 Å². The highest BCUT2D eigenvalue weighted by molar-refractivity contribution is 5.76. The number of pyridine rings is 1. The van der Waals surface area contributed by atoms with Crippen LogP contribution in [0.15, 0.2) is 30.6 Å². The summed E-state index contributed by atoms with van der Waals surface area (Å²) in [6.07, 6.45) is 7.16. The van der Waals surface area contributed by atoms with E-state index in [1.165, 1.54) is 11.3 Å². The largest absolute Gasteiger partial charge is 0.354 e. The van der Waals surface area contributed by atoms with Gasteiger partial charge in [-0.1, -0.05) is 6.07 Å². The van der Waals surface area contributed by atoms with Crippen molar-refractivity contribution in [1.82, 2.24) is 25.4 Å². The fraction of sp³-hybridized carbons (Fsp3) is 0.526. The third-order valence-corrected chi connectivity index (χ3v) is 5.39. The molecule has 0 radical (unpaired) electrons. The SMILES string of the molecule is O=C(CCN1CCN(c2ccccn2)CC1)NC1CCc2cn[nH]c2C1. The molecular formula is C19H26N6O. The molecule has 0 aromatic carbocycles. The molecule has 1 aliphatic heterocycles. The number of H-pyrrole nitrogens is 1. The van der Waals surface area contributed by atoms with Gasteiger partial charge in [-0.2, -0.15) is 5.10 Å². The maximum atomic E-state index is 12.3. The van der Waals surface area contributed by atoms with Gasteiger partial charge in [0.05, 0.1) is 6.20 Å². The van der Waals surface area contributed by atoms with Crippen LogP contribution < -0.4 is 10.2 Å². The quantitative estimate of drug-likeness (QED) is 0.837. The molecule has 3 heterocycles. The summed E-state index contributed by atoms with van der Waals surface area (Å²) in [6, 6.07) is 6.25. The van der Waals surface area contributed by atoms with E-state index >= 15 is 0 Å². The first-order chi connectivity index (χ1) is 12.8. The highest BCUT2D eigenvalue weighted by Gasteiger charge is 2.22. The van der Waals surface area contributed by atoms with Crippen LogP contribution in [-0.4, -0.2) is 64.8 Å². The fourth-order valence-corrected chi connectivity index (χ4v) is 3.83. The summed E-state index contributed by atoms with van der Waals surface area (Å²) in [4.78, 5) is 21.4. The monoisotopic (exact) mass is 354 g/mol. The number of anilines is 1. The highest BCUT2D eigenvalue weighted by Crippen LogP contribution is 2.19. The zero-order chi connectivity index (χ0) is 17.8. The number of aromatic nitrogens is 3.